The molecule has 4 heteroatoms. The number of carbonyl (C=O) groups excluding carboxylic acids is 1. The van der Waals surface area contributed by atoms with E-state index in [9.17, 15) is 14.7 Å². The quantitative estimate of drug-likeness (QED) is 0.843. The monoisotopic (exact) mass is 283 g/mol. The third-order valence-corrected chi connectivity index (χ3v) is 5.06. The Labute approximate surface area is 122 Å². The van der Waals surface area contributed by atoms with Crippen molar-refractivity contribution in [3.63, 3.8) is 0 Å². The van der Waals surface area contributed by atoms with E-state index in [4.69, 9.17) is 0 Å². The van der Waals surface area contributed by atoms with Crippen LogP contribution in [0.3, 0.4) is 0 Å². The van der Waals surface area contributed by atoms with E-state index in [2.05, 4.69) is 20.8 Å². The highest BCUT2D eigenvalue weighted by Gasteiger charge is 2.40. The molecular weight excluding hydrogens is 254 g/mol. The summed E-state index contributed by atoms with van der Waals surface area (Å²) in [5.41, 5.74) is -0.689. The summed E-state index contributed by atoms with van der Waals surface area (Å²) in [6.45, 7) is 11.8. The maximum Gasteiger partial charge on any atom is 0.310 e. The Morgan fingerprint density at radius 3 is 2.10 bits per heavy atom. The predicted molar refractivity (Wildman–Crippen MR) is 79.4 cm³/mol. The highest BCUT2D eigenvalue weighted by Crippen LogP contribution is 2.36. The van der Waals surface area contributed by atoms with Gasteiger partial charge in [-0.3, -0.25) is 9.59 Å². The molecule has 1 atom stereocenters. The van der Waals surface area contributed by atoms with Gasteiger partial charge in [-0.15, -0.1) is 0 Å². The molecule has 0 bridgehead atoms. The minimum Gasteiger partial charge on any atom is -0.481 e. The van der Waals surface area contributed by atoms with Crippen LogP contribution in [-0.4, -0.2) is 35.0 Å². The Balaban J connectivity index is 2.71. The molecule has 0 aromatic rings. The SMILES string of the molecule is CCC(CC)(CC(=O)N1CCC(C(C)(C)C)C1)C(=O)O. The number of carbonyl (C=O) groups is 2. The van der Waals surface area contributed by atoms with E-state index in [-0.39, 0.29) is 17.7 Å². The first-order valence-corrected chi connectivity index (χ1v) is 7.67. The van der Waals surface area contributed by atoms with E-state index in [1.807, 2.05) is 18.7 Å². The molecule has 0 radical (unpaired) electrons. The minimum atomic E-state index is -0.892. The van der Waals surface area contributed by atoms with Gasteiger partial charge in [0.25, 0.3) is 0 Å². The van der Waals surface area contributed by atoms with E-state index < -0.39 is 11.4 Å². The number of nitrogens with zero attached hydrogens (tertiary/aromatic N) is 1. The summed E-state index contributed by atoms with van der Waals surface area (Å²) in [6, 6.07) is 0. The van der Waals surface area contributed by atoms with Crippen LogP contribution in [0.5, 0.6) is 0 Å². The summed E-state index contributed by atoms with van der Waals surface area (Å²) in [5.74, 6) is -0.334. The summed E-state index contributed by atoms with van der Waals surface area (Å²) in [5, 5.41) is 9.43. The predicted octanol–water partition coefficient (Wildman–Crippen LogP) is 3.16. The summed E-state index contributed by atoms with van der Waals surface area (Å²) < 4.78 is 0. The number of amides is 1. The Morgan fingerprint density at radius 1 is 1.20 bits per heavy atom. The largest absolute Gasteiger partial charge is 0.481 e. The van der Waals surface area contributed by atoms with Gasteiger partial charge in [-0.2, -0.15) is 0 Å². The fourth-order valence-corrected chi connectivity index (χ4v) is 2.97. The van der Waals surface area contributed by atoms with Gasteiger partial charge >= 0.3 is 5.97 Å². The van der Waals surface area contributed by atoms with Crippen LogP contribution in [0.25, 0.3) is 0 Å². The maximum atomic E-state index is 12.4. The standard InChI is InChI=1S/C16H29NO3/c1-6-16(7-2,14(19)20)10-13(18)17-9-8-12(11-17)15(3,4)5/h12H,6-11H2,1-5H3,(H,19,20). The molecule has 1 aliphatic heterocycles. The van der Waals surface area contributed by atoms with Crippen molar-refractivity contribution in [3.05, 3.63) is 0 Å². The van der Waals surface area contributed by atoms with E-state index in [0.717, 1.165) is 19.5 Å². The lowest BCUT2D eigenvalue weighted by atomic mass is 9.78. The minimum absolute atomic E-state index is 0.00264. The van der Waals surface area contributed by atoms with Gasteiger partial charge in [0, 0.05) is 19.5 Å². The molecule has 1 aliphatic rings. The first-order chi connectivity index (χ1) is 9.16. The normalized spacial score (nSPS) is 20.2. The summed E-state index contributed by atoms with van der Waals surface area (Å²) >= 11 is 0. The number of carboxylic acid groups (broad SMARTS) is 1. The van der Waals surface area contributed by atoms with Crippen molar-refractivity contribution in [3.8, 4) is 0 Å². The van der Waals surface area contributed by atoms with Crippen molar-refractivity contribution in [2.45, 2.75) is 60.3 Å². The number of hydrogen-bond acceptors (Lipinski definition) is 2. The topological polar surface area (TPSA) is 57.6 Å². The van der Waals surface area contributed by atoms with Crippen LogP contribution in [0.1, 0.15) is 60.3 Å². The zero-order valence-electron chi connectivity index (χ0n) is 13.5. The van der Waals surface area contributed by atoms with Crippen molar-refractivity contribution < 1.29 is 14.7 Å². The third kappa shape index (κ3) is 3.53. The van der Waals surface area contributed by atoms with Crippen molar-refractivity contribution in [1.29, 1.82) is 0 Å². The average Bonchev–Trinajstić information content (AvgIpc) is 2.84. The van der Waals surface area contributed by atoms with Gasteiger partial charge in [0.15, 0.2) is 0 Å². The van der Waals surface area contributed by atoms with E-state index in [1.165, 1.54) is 0 Å². The zero-order chi connectivity index (χ0) is 15.6. The summed E-state index contributed by atoms with van der Waals surface area (Å²) in [6.07, 6.45) is 2.15. The van der Waals surface area contributed by atoms with E-state index in [1.54, 1.807) is 0 Å². The fraction of sp³-hybridized carbons (Fsp3) is 0.875. The first kappa shape index (κ1) is 17.0. The van der Waals surface area contributed by atoms with Crippen LogP contribution in [-0.2, 0) is 9.59 Å². The molecule has 0 saturated carbocycles. The van der Waals surface area contributed by atoms with Crippen LogP contribution >= 0.6 is 0 Å². The van der Waals surface area contributed by atoms with Gasteiger partial charge in [0.2, 0.25) is 5.91 Å². The zero-order valence-corrected chi connectivity index (χ0v) is 13.5. The van der Waals surface area contributed by atoms with Gasteiger partial charge in [0.1, 0.15) is 0 Å². The Morgan fingerprint density at radius 2 is 1.75 bits per heavy atom. The Bertz CT molecular complexity index is 366. The van der Waals surface area contributed by atoms with Crippen LogP contribution < -0.4 is 0 Å². The van der Waals surface area contributed by atoms with Crippen LogP contribution in [0.2, 0.25) is 0 Å². The summed E-state index contributed by atoms with van der Waals surface area (Å²) in [4.78, 5) is 25.8. The van der Waals surface area contributed by atoms with Gasteiger partial charge in [-0.1, -0.05) is 34.6 Å². The van der Waals surface area contributed by atoms with Crippen molar-refractivity contribution in [1.82, 2.24) is 4.90 Å². The summed E-state index contributed by atoms with van der Waals surface area (Å²) in [7, 11) is 0. The van der Waals surface area contributed by atoms with Crippen molar-refractivity contribution in [2.75, 3.05) is 13.1 Å². The number of hydrogen-bond donors (Lipinski definition) is 1. The molecular formula is C16H29NO3. The Kier molecular flexibility index (Phi) is 5.22. The second-order valence-electron chi connectivity index (χ2n) is 7.16. The molecule has 1 N–H and O–H groups in total. The second-order valence-corrected chi connectivity index (χ2v) is 7.16. The maximum absolute atomic E-state index is 12.4. The highest BCUT2D eigenvalue weighted by molar-refractivity contribution is 5.85. The molecule has 1 rings (SSSR count). The lowest BCUT2D eigenvalue weighted by molar-refractivity contribution is -0.154. The molecule has 1 amide bonds. The lowest BCUT2D eigenvalue weighted by Gasteiger charge is -2.30. The lowest BCUT2D eigenvalue weighted by Crippen LogP contribution is -2.39. The molecule has 1 fully saturated rings. The average molecular weight is 283 g/mol. The van der Waals surface area contributed by atoms with E-state index in [0.29, 0.717) is 18.8 Å². The molecule has 1 heterocycles. The molecule has 1 saturated heterocycles. The van der Waals surface area contributed by atoms with Crippen LogP contribution in [0.15, 0.2) is 0 Å². The Hall–Kier alpha value is -1.06. The molecule has 0 aliphatic carbocycles. The molecule has 0 spiro atoms. The fourth-order valence-electron chi connectivity index (χ4n) is 2.97. The molecule has 0 aromatic carbocycles. The third-order valence-electron chi connectivity index (χ3n) is 5.06. The number of carboxylic acids is 1. The number of likely N-dealkylation sites (tertiary alicyclic amines) is 1. The van der Waals surface area contributed by atoms with Gasteiger partial charge in [-0.25, -0.2) is 0 Å². The smallest absolute Gasteiger partial charge is 0.310 e. The van der Waals surface area contributed by atoms with Gasteiger partial charge in [-0.05, 0) is 30.6 Å². The van der Waals surface area contributed by atoms with Gasteiger partial charge in [0.05, 0.1) is 5.41 Å². The highest BCUT2D eigenvalue weighted by atomic mass is 16.4. The molecule has 116 valence electrons. The van der Waals surface area contributed by atoms with Crippen molar-refractivity contribution >= 4 is 11.9 Å². The molecule has 1 unspecified atom stereocenters. The number of rotatable bonds is 5. The molecule has 4 nitrogen and oxygen atoms in total. The first-order valence-electron chi connectivity index (χ1n) is 7.67. The van der Waals surface area contributed by atoms with Gasteiger partial charge < -0.3 is 10.0 Å². The second kappa shape index (κ2) is 6.15. The van der Waals surface area contributed by atoms with E-state index >= 15 is 0 Å². The number of aliphatic carboxylic acids is 1. The molecule has 0 aromatic heterocycles. The van der Waals surface area contributed by atoms with Crippen LogP contribution in [0, 0.1) is 16.7 Å². The van der Waals surface area contributed by atoms with Crippen LogP contribution in [0.4, 0.5) is 0 Å². The van der Waals surface area contributed by atoms with Crippen molar-refractivity contribution in [2.24, 2.45) is 16.7 Å². The molecule has 20 heavy (non-hydrogen) atoms.